The van der Waals surface area contributed by atoms with Gasteiger partial charge in [0.15, 0.2) is 0 Å². The highest BCUT2D eigenvalue weighted by Crippen LogP contribution is 2.50. The van der Waals surface area contributed by atoms with Crippen molar-refractivity contribution in [3.8, 4) is 39.3 Å². The first-order valence-corrected chi connectivity index (χ1v) is 31.0. The molecule has 430 valence electrons. The van der Waals surface area contributed by atoms with Crippen LogP contribution in [-0.4, -0.2) is 59.0 Å². The lowest BCUT2D eigenvalue weighted by atomic mass is 9.97. The summed E-state index contributed by atoms with van der Waals surface area (Å²) >= 11 is 1.61. The van der Waals surface area contributed by atoms with E-state index in [-0.39, 0.29) is 29.4 Å². The summed E-state index contributed by atoms with van der Waals surface area (Å²) in [6.45, 7) is 15.6. The third-order valence-corrected chi connectivity index (χ3v) is 17.0. The van der Waals surface area contributed by atoms with Gasteiger partial charge in [-0.2, -0.15) is 5.26 Å². The molecule has 0 fully saturated rings. The molecule has 8 rings (SSSR count). The number of nitrogens with zero attached hydrogens (tertiary/aromatic N) is 4. The van der Waals surface area contributed by atoms with E-state index >= 15 is 9.59 Å². The van der Waals surface area contributed by atoms with Crippen molar-refractivity contribution in [2.24, 2.45) is 11.8 Å². The summed E-state index contributed by atoms with van der Waals surface area (Å²) in [5.41, 5.74) is 7.28. The fraction of sp³-hybridized carbons (Fsp3) is 0.400. The number of carboxylic acids is 1. The molecule has 0 bridgehead atoms. The molecule has 0 spiro atoms. The van der Waals surface area contributed by atoms with Gasteiger partial charge in [-0.1, -0.05) is 155 Å². The monoisotopic (exact) mass is 1120 g/mol. The van der Waals surface area contributed by atoms with E-state index in [2.05, 4.69) is 131 Å². The fourth-order valence-corrected chi connectivity index (χ4v) is 12.0. The standard InChI is InChI=1S/C70H82N4O7S/c1-7-13-17-19-43-79-58-35-31-56(32-36-58)74(57-33-37-59(38-34-57)80-44-20-18-14-8-2)55-29-27-52(28-30-55)62-41-42-63(82-62)67-65-64(68(75)73(67)48-50(12-6)22-16-10-4)66(72(69(65)76)47-49(11-5)21-15-9-3)53-25-23-51(24-26-53)61-40-39-60(81-61)45-54(46-71)70(77)78/h23-42,45,49-50H,7-22,43-44,47-48H2,1-6H3,(H,77,78). The highest BCUT2D eigenvalue weighted by atomic mass is 32.1. The molecule has 1 N–H and O–H groups in total. The second-order valence-corrected chi connectivity index (χ2v) is 22.8. The minimum Gasteiger partial charge on any atom is -0.494 e. The van der Waals surface area contributed by atoms with Crippen LogP contribution in [0.2, 0.25) is 0 Å². The van der Waals surface area contributed by atoms with Gasteiger partial charge in [-0.25, -0.2) is 4.79 Å². The van der Waals surface area contributed by atoms with Crippen molar-refractivity contribution < 1.29 is 33.4 Å². The molecule has 2 unspecified atom stereocenters. The first-order valence-electron chi connectivity index (χ1n) is 30.2. The van der Waals surface area contributed by atoms with Crippen LogP contribution in [0, 0.1) is 23.2 Å². The smallest absolute Gasteiger partial charge is 0.346 e. The largest absolute Gasteiger partial charge is 0.494 e. The maximum absolute atomic E-state index is 15.5. The van der Waals surface area contributed by atoms with Gasteiger partial charge in [-0.05, 0) is 134 Å². The van der Waals surface area contributed by atoms with Crippen LogP contribution in [0.1, 0.15) is 160 Å². The number of hydrogen-bond donors (Lipinski definition) is 1. The molecule has 4 heterocycles. The minimum atomic E-state index is -1.33. The van der Waals surface area contributed by atoms with Gasteiger partial charge in [0.1, 0.15) is 34.7 Å². The molecule has 0 aliphatic carbocycles. The summed E-state index contributed by atoms with van der Waals surface area (Å²) in [7, 11) is 0. The molecule has 0 saturated heterocycles. The number of carboxylic acid groups (broad SMARTS) is 1. The number of anilines is 3. The van der Waals surface area contributed by atoms with Gasteiger partial charge in [-0.15, -0.1) is 11.3 Å². The molecular formula is C70H82N4O7S. The second kappa shape index (κ2) is 29.9. The Morgan fingerprint density at radius 3 is 1.52 bits per heavy atom. The second-order valence-electron chi connectivity index (χ2n) is 21.7. The number of nitriles is 1. The van der Waals surface area contributed by atoms with E-state index in [4.69, 9.17) is 13.9 Å². The highest BCUT2D eigenvalue weighted by molar-refractivity contribution is 7.16. The topological polar surface area (TPSA) is 137 Å². The highest BCUT2D eigenvalue weighted by Gasteiger charge is 2.49. The number of benzene rings is 4. The Bertz CT molecular complexity index is 3160. The lowest BCUT2D eigenvalue weighted by Crippen LogP contribution is -2.34. The average molecular weight is 1120 g/mol. The maximum Gasteiger partial charge on any atom is 0.346 e. The SMILES string of the molecule is CCCCCCOc1ccc(N(c2ccc(OCCCCCC)cc2)c2ccc(-c3ccc(C4=C5C(=O)N(CC(CC)CCCC)C(c6ccc(-c7ccc(C=C(C#N)C(=O)O)o7)cc6)=C5C(=O)N4CC(CC)CCCC)s3)cc2)cc1. The number of carbonyl (C=O) groups excluding carboxylic acids is 2. The summed E-state index contributed by atoms with van der Waals surface area (Å²) < 4.78 is 18.3. The molecule has 2 aliphatic heterocycles. The van der Waals surface area contributed by atoms with E-state index < -0.39 is 11.5 Å². The first kappa shape index (κ1) is 60.5. The van der Waals surface area contributed by atoms with Crippen molar-refractivity contribution in [2.75, 3.05) is 31.2 Å². The zero-order valence-electron chi connectivity index (χ0n) is 49.0. The van der Waals surface area contributed by atoms with Crippen molar-refractivity contribution in [2.45, 2.75) is 144 Å². The molecule has 6 aromatic rings. The molecule has 0 saturated carbocycles. The van der Waals surface area contributed by atoms with E-state index in [1.165, 1.54) is 31.8 Å². The van der Waals surface area contributed by atoms with Gasteiger partial charge >= 0.3 is 5.97 Å². The predicted molar refractivity (Wildman–Crippen MR) is 333 cm³/mol. The Labute approximate surface area is 490 Å². The van der Waals surface area contributed by atoms with E-state index in [9.17, 15) is 15.2 Å². The van der Waals surface area contributed by atoms with E-state index in [0.717, 1.165) is 132 Å². The van der Waals surface area contributed by atoms with Crippen LogP contribution in [0.25, 0.3) is 39.2 Å². The molecular weight excluding hydrogens is 1040 g/mol. The van der Waals surface area contributed by atoms with Gasteiger partial charge in [0, 0.05) is 46.7 Å². The third-order valence-electron chi connectivity index (χ3n) is 15.8. The predicted octanol–water partition coefficient (Wildman–Crippen LogP) is 18.3. The van der Waals surface area contributed by atoms with Gasteiger partial charge in [0.2, 0.25) is 0 Å². The van der Waals surface area contributed by atoms with Crippen molar-refractivity contribution in [1.82, 2.24) is 9.80 Å². The number of amides is 2. The van der Waals surface area contributed by atoms with Crippen molar-refractivity contribution in [3.63, 3.8) is 0 Å². The van der Waals surface area contributed by atoms with Crippen molar-refractivity contribution >= 4 is 63.7 Å². The Kier molecular flexibility index (Phi) is 22.1. The molecule has 2 atom stereocenters. The maximum atomic E-state index is 15.5. The molecule has 82 heavy (non-hydrogen) atoms. The number of furan rings is 1. The van der Waals surface area contributed by atoms with Crippen LogP contribution < -0.4 is 14.4 Å². The number of unbranched alkanes of at least 4 members (excludes halogenated alkanes) is 8. The fourth-order valence-electron chi connectivity index (χ4n) is 11.0. The summed E-state index contributed by atoms with van der Waals surface area (Å²) in [4.78, 5) is 50.5. The van der Waals surface area contributed by atoms with Crippen LogP contribution in [0.15, 0.2) is 142 Å². The minimum absolute atomic E-state index is 0.150. The number of aliphatic carboxylic acids is 1. The normalized spacial score (nSPS) is 14.2. The van der Waals surface area contributed by atoms with Crippen LogP contribution in [0.5, 0.6) is 11.5 Å². The number of carbonyl (C=O) groups is 3. The summed E-state index contributed by atoms with van der Waals surface area (Å²) in [5, 5.41) is 18.7. The first-order chi connectivity index (χ1) is 40.0. The van der Waals surface area contributed by atoms with Crippen LogP contribution in [0.4, 0.5) is 17.1 Å². The Morgan fingerprint density at radius 1 is 0.573 bits per heavy atom. The number of rotatable bonds is 33. The van der Waals surface area contributed by atoms with Gasteiger partial charge in [-0.3, -0.25) is 9.59 Å². The summed E-state index contributed by atoms with van der Waals surface area (Å²) in [6.07, 6.45) is 18.3. The van der Waals surface area contributed by atoms with Crippen LogP contribution in [0.3, 0.4) is 0 Å². The van der Waals surface area contributed by atoms with Gasteiger partial charge in [0.25, 0.3) is 11.8 Å². The summed E-state index contributed by atoms with van der Waals surface area (Å²) in [6, 6.07) is 42.2. The quantitative estimate of drug-likeness (QED) is 0.0243. The Hall–Kier alpha value is -7.62. The molecule has 0 radical (unpaired) electrons. The molecule has 4 aromatic carbocycles. The van der Waals surface area contributed by atoms with Gasteiger partial charge < -0.3 is 33.7 Å². The van der Waals surface area contributed by atoms with Crippen LogP contribution in [-0.2, 0) is 14.4 Å². The van der Waals surface area contributed by atoms with Gasteiger partial charge in [0.05, 0.1) is 40.6 Å². The summed E-state index contributed by atoms with van der Waals surface area (Å²) in [5.74, 6) is 1.27. The average Bonchev–Trinajstić information content (AvgIpc) is 3.86. The van der Waals surface area contributed by atoms with Crippen LogP contribution >= 0.6 is 11.3 Å². The lowest BCUT2D eigenvalue weighted by Gasteiger charge is -2.29. The number of hydrogen-bond acceptors (Lipinski definition) is 9. The van der Waals surface area contributed by atoms with E-state index in [1.807, 2.05) is 34.1 Å². The van der Waals surface area contributed by atoms with E-state index in [1.54, 1.807) is 29.5 Å². The Balaban J connectivity index is 1.16. The molecule has 2 aromatic heterocycles. The number of fused-ring (bicyclic) bond motifs is 1. The third kappa shape index (κ3) is 14.7. The van der Waals surface area contributed by atoms with Crippen molar-refractivity contribution in [3.05, 3.63) is 154 Å². The number of ether oxygens (including phenoxy) is 2. The van der Waals surface area contributed by atoms with Crippen molar-refractivity contribution in [1.29, 1.82) is 5.26 Å². The Morgan fingerprint density at radius 2 is 1.04 bits per heavy atom. The zero-order chi connectivity index (χ0) is 58.0. The zero-order valence-corrected chi connectivity index (χ0v) is 49.8. The molecule has 2 aliphatic rings. The van der Waals surface area contributed by atoms with E-state index in [0.29, 0.717) is 54.6 Å². The lowest BCUT2D eigenvalue weighted by molar-refractivity contribution is -0.132. The number of thiophene rings is 1. The molecule has 11 nitrogen and oxygen atoms in total. The molecule has 2 amide bonds. The molecule has 12 heteroatoms.